The lowest BCUT2D eigenvalue weighted by molar-refractivity contribution is 0.261. The largest absolute Gasteiger partial charge is 0.389 e. The molecule has 1 atom stereocenters. The van der Waals surface area contributed by atoms with Gasteiger partial charge in [-0.1, -0.05) is 24.4 Å². The number of para-hydroxylation sites is 1. The first-order valence-corrected chi connectivity index (χ1v) is 6.41. The van der Waals surface area contributed by atoms with E-state index in [0.29, 0.717) is 11.0 Å². The molecule has 0 aromatic heterocycles. The molecule has 1 aliphatic rings. The number of hydrogen-bond donors (Lipinski definition) is 2. The molecule has 1 aromatic rings. The monoisotopic (exact) mass is 249 g/mol. The average Bonchev–Trinajstić information content (AvgIpc) is 2.29. The van der Waals surface area contributed by atoms with Crippen LogP contribution in [0, 0.1) is 0 Å². The molecule has 0 radical (unpaired) electrons. The van der Waals surface area contributed by atoms with Crippen LogP contribution in [-0.4, -0.2) is 36.1 Å². The molecule has 3 nitrogen and oxygen atoms in total. The van der Waals surface area contributed by atoms with Crippen molar-refractivity contribution in [1.82, 2.24) is 4.90 Å². The number of piperidine rings is 1. The molecule has 0 saturated carbocycles. The Morgan fingerprint density at radius 1 is 1.47 bits per heavy atom. The SMILES string of the molecule is CN1CCCC(Nc2ccccc2C(N)=S)C1. The molecule has 2 rings (SSSR count). The minimum absolute atomic E-state index is 0.456. The van der Waals surface area contributed by atoms with E-state index >= 15 is 0 Å². The van der Waals surface area contributed by atoms with E-state index in [2.05, 4.69) is 17.3 Å². The van der Waals surface area contributed by atoms with Crippen molar-refractivity contribution >= 4 is 22.9 Å². The number of rotatable bonds is 3. The van der Waals surface area contributed by atoms with E-state index < -0.39 is 0 Å². The van der Waals surface area contributed by atoms with Gasteiger partial charge in [0.05, 0.1) is 0 Å². The van der Waals surface area contributed by atoms with Crippen LogP contribution in [0.5, 0.6) is 0 Å². The molecule has 3 N–H and O–H groups in total. The van der Waals surface area contributed by atoms with Crippen LogP contribution in [0.3, 0.4) is 0 Å². The van der Waals surface area contributed by atoms with Crippen LogP contribution in [0.4, 0.5) is 5.69 Å². The van der Waals surface area contributed by atoms with Gasteiger partial charge in [0.2, 0.25) is 0 Å². The smallest absolute Gasteiger partial charge is 0.106 e. The van der Waals surface area contributed by atoms with Crippen LogP contribution in [0.25, 0.3) is 0 Å². The Balaban J connectivity index is 2.10. The first-order chi connectivity index (χ1) is 8.16. The zero-order valence-electron chi connectivity index (χ0n) is 10.1. The third-order valence-corrected chi connectivity index (χ3v) is 3.40. The summed E-state index contributed by atoms with van der Waals surface area (Å²) in [6.45, 7) is 2.26. The van der Waals surface area contributed by atoms with Crippen molar-refractivity contribution in [2.75, 3.05) is 25.5 Å². The quantitative estimate of drug-likeness (QED) is 0.802. The molecule has 1 aliphatic heterocycles. The van der Waals surface area contributed by atoms with Crippen molar-refractivity contribution < 1.29 is 0 Å². The third kappa shape index (κ3) is 3.17. The first-order valence-electron chi connectivity index (χ1n) is 6.00. The minimum Gasteiger partial charge on any atom is -0.389 e. The van der Waals surface area contributed by atoms with Gasteiger partial charge in [0.25, 0.3) is 0 Å². The highest BCUT2D eigenvalue weighted by molar-refractivity contribution is 7.80. The van der Waals surface area contributed by atoms with Gasteiger partial charge in [-0.25, -0.2) is 0 Å². The molecule has 92 valence electrons. The second-order valence-corrected chi connectivity index (χ2v) is 5.10. The van der Waals surface area contributed by atoms with Crippen LogP contribution < -0.4 is 11.1 Å². The highest BCUT2D eigenvalue weighted by atomic mass is 32.1. The van der Waals surface area contributed by atoms with Gasteiger partial charge in [-0.2, -0.15) is 0 Å². The average molecular weight is 249 g/mol. The van der Waals surface area contributed by atoms with Gasteiger partial charge >= 0.3 is 0 Å². The highest BCUT2D eigenvalue weighted by Crippen LogP contribution is 2.19. The number of likely N-dealkylation sites (tertiary alicyclic amines) is 1. The Morgan fingerprint density at radius 2 is 2.24 bits per heavy atom. The van der Waals surface area contributed by atoms with Crippen molar-refractivity contribution in [1.29, 1.82) is 0 Å². The summed E-state index contributed by atoms with van der Waals surface area (Å²) in [5.74, 6) is 0. The lowest BCUT2D eigenvalue weighted by atomic mass is 10.0. The molecule has 1 saturated heterocycles. The van der Waals surface area contributed by atoms with Crippen molar-refractivity contribution in [2.45, 2.75) is 18.9 Å². The first kappa shape index (κ1) is 12.3. The molecular formula is C13H19N3S. The van der Waals surface area contributed by atoms with Gasteiger partial charge in [-0.3, -0.25) is 0 Å². The summed E-state index contributed by atoms with van der Waals surface area (Å²) in [5, 5.41) is 3.55. The molecule has 1 aromatic carbocycles. The van der Waals surface area contributed by atoms with Crippen molar-refractivity contribution in [3.8, 4) is 0 Å². The zero-order chi connectivity index (χ0) is 12.3. The number of likely N-dealkylation sites (N-methyl/N-ethyl adjacent to an activating group) is 1. The Labute approximate surface area is 108 Å². The third-order valence-electron chi connectivity index (χ3n) is 3.18. The minimum atomic E-state index is 0.456. The van der Waals surface area contributed by atoms with Crippen molar-refractivity contribution in [2.24, 2.45) is 5.73 Å². The zero-order valence-corrected chi connectivity index (χ0v) is 11.0. The Kier molecular flexibility index (Phi) is 3.97. The summed E-state index contributed by atoms with van der Waals surface area (Å²) >= 11 is 5.07. The topological polar surface area (TPSA) is 41.3 Å². The highest BCUT2D eigenvalue weighted by Gasteiger charge is 2.17. The molecule has 4 heteroatoms. The molecule has 1 fully saturated rings. The maximum Gasteiger partial charge on any atom is 0.106 e. The normalized spacial score (nSPS) is 21.1. The summed E-state index contributed by atoms with van der Waals surface area (Å²) < 4.78 is 0. The van der Waals surface area contributed by atoms with Crippen LogP contribution >= 0.6 is 12.2 Å². The van der Waals surface area contributed by atoms with E-state index in [9.17, 15) is 0 Å². The second-order valence-electron chi connectivity index (χ2n) is 4.66. The lowest BCUT2D eigenvalue weighted by Crippen LogP contribution is -2.40. The number of nitrogens with two attached hydrogens (primary N) is 1. The maximum absolute atomic E-state index is 5.73. The fraction of sp³-hybridized carbons (Fsp3) is 0.462. The molecule has 17 heavy (non-hydrogen) atoms. The summed E-state index contributed by atoms with van der Waals surface area (Å²) in [6.07, 6.45) is 2.44. The van der Waals surface area contributed by atoms with E-state index in [1.165, 1.54) is 19.4 Å². The fourth-order valence-electron chi connectivity index (χ4n) is 2.33. The molecule has 0 bridgehead atoms. The van der Waals surface area contributed by atoms with E-state index in [1.54, 1.807) is 0 Å². The van der Waals surface area contributed by atoms with Crippen molar-refractivity contribution in [3.05, 3.63) is 29.8 Å². The van der Waals surface area contributed by atoms with Gasteiger partial charge in [0.15, 0.2) is 0 Å². The van der Waals surface area contributed by atoms with Gasteiger partial charge in [-0.15, -0.1) is 0 Å². The van der Waals surface area contributed by atoms with E-state index in [4.69, 9.17) is 18.0 Å². The Morgan fingerprint density at radius 3 is 2.94 bits per heavy atom. The maximum atomic E-state index is 5.73. The van der Waals surface area contributed by atoms with E-state index in [-0.39, 0.29) is 0 Å². The van der Waals surface area contributed by atoms with Crippen LogP contribution in [0.15, 0.2) is 24.3 Å². The number of benzene rings is 1. The lowest BCUT2D eigenvalue weighted by Gasteiger charge is -2.31. The van der Waals surface area contributed by atoms with E-state index in [1.807, 2.05) is 24.3 Å². The van der Waals surface area contributed by atoms with Gasteiger partial charge in [-0.05, 0) is 38.6 Å². The van der Waals surface area contributed by atoms with Crippen LogP contribution in [0.2, 0.25) is 0 Å². The standard InChI is InChI=1S/C13H19N3S/c1-16-8-4-5-10(9-16)15-12-7-3-2-6-11(12)13(14)17/h2-3,6-7,10,15H,4-5,8-9H2,1H3,(H2,14,17). The number of thiocarbonyl (C=S) groups is 1. The molecule has 1 heterocycles. The number of nitrogens with zero attached hydrogens (tertiary/aromatic N) is 1. The summed E-state index contributed by atoms with van der Waals surface area (Å²) in [4.78, 5) is 2.81. The second kappa shape index (κ2) is 5.47. The number of anilines is 1. The molecular weight excluding hydrogens is 230 g/mol. The Hall–Kier alpha value is -1.13. The van der Waals surface area contributed by atoms with E-state index in [0.717, 1.165) is 17.8 Å². The van der Waals surface area contributed by atoms with Gasteiger partial charge < -0.3 is 16.0 Å². The molecule has 0 aliphatic carbocycles. The molecule has 0 amide bonds. The molecule has 0 spiro atoms. The number of nitrogens with one attached hydrogen (secondary N) is 1. The predicted octanol–water partition coefficient (Wildman–Crippen LogP) is 1.83. The molecule has 1 unspecified atom stereocenters. The summed E-state index contributed by atoms with van der Waals surface area (Å²) in [6, 6.07) is 8.48. The summed E-state index contributed by atoms with van der Waals surface area (Å²) in [5.41, 5.74) is 7.72. The van der Waals surface area contributed by atoms with Crippen LogP contribution in [0.1, 0.15) is 18.4 Å². The fourth-order valence-corrected chi connectivity index (χ4v) is 2.51. The van der Waals surface area contributed by atoms with Gasteiger partial charge in [0, 0.05) is 23.8 Å². The summed E-state index contributed by atoms with van der Waals surface area (Å²) in [7, 11) is 2.16. The van der Waals surface area contributed by atoms with Crippen LogP contribution in [-0.2, 0) is 0 Å². The van der Waals surface area contributed by atoms with Crippen molar-refractivity contribution in [3.63, 3.8) is 0 Å². The predicted molar refractivity (Wildman–Crippen MR) is 76.5 cm³/mol. The Bertz CT molecular complexity index is 405. The number of hydrogen-bond acceptors (Lipinski definition) is 3. The van der Waals surface area contributed by atoms with Gasteiger partial charge in [0.1, 0.15) is 4.99 Å².